The highest BCUT2D eigenvalue weighted by atomic mass is 16.3. The van der Waals surface area contributed by atoms with Crippen molar-refractivity contribution in [1.29, 1.82) is 0 Å². The van der Waals surface area contributed by atoms with E-state index in [1.807, 2.05) is 19.0 Å². The number of phenolic OH excluding ortho intramolecular Hbond substituents is 1. The van der Waals surface area contributed by atoms with Gasteiger partial charge in [0.25, 0.3) is 5.91 Å². The van der Waals surface area contributed by atoms with Gasteiger partial charge in [-0.3, -0.25) is 19.2 Å². The number of primary amides is 1. The Balaban J connectivity index is 1.88. The van der Waals surface area contributed by atoms with Gasteiger partial charge >= 0.3 is 0 Å². The monoisotopic (exact) mass is 569 g/mol. The molecular weight excluding hydrogens is 530 g/mol. The second-order valence-electron chi connectivity index (χ2n) is 11.9. The number of aliphatic hydroxyl groups is 2. The highest BCUT2D eigenvalue weighted by Gasteiger charge is 2.64. The molecule has 222 valence electrons. The molecule has 0 aromatic heterocycles. The van der Waals surface area contributed by atoms with E-state index in [2.05, 4.69) is 5.32 Å². The number of nitrogens with two attached hydrogens (primary N) is 1. The molecule has 12 heteroatoms. The number of rotatable bonds is 7. The first-order chi connectivity index (χ1) is 19.0. The fourth-order valence-electron chi connectivity index (χ4n) is 6.81. The first-order valence-electron chi connectivity index (χ1n) is 13.4. The van der Waals surface area contributed by atoms with Gasteiger partial charge in [0.2, 0.25) is 17.5 Å². The number of aromatic hydroxyl groups is 1. The number of hydrogen-bond donors (Lipinski definition) is 5. The molecule has 0 spiro atoms. The van der Waals surface area contributed by atoms with Crippen LogP contribution in [-0.4, -0.2) is 109 Å². The summed E-state index contributed by atoms with van der Waals surface area (Å²) in [5.41, 5.74) is 4.34. The second kappa shape index (κ2) is 10.6. The fraction of sp³-hybridized carbons (Fsp3) is 0.517. The molecule has 6 N–H and O–H groups in total. The molecule has 4 rings (SSSR count). The smallest absolute Gasteiger partial charge is 0.252 e. The minimum absolute atomic E-state index is 0.0176. The molecule has 0 saturated heterocycles. The number of nitrogens with one attached hydrogen (secondary N) is 1. The van der Waals surface area contributed by atoms with E-state index in [-0.39, 0.29) is 48.7 Å². The number of benzene rings is 1. The van der Waals surface area contributed by atoms with Crippen LogP contribution in [0.5, 0.6) is 5.75 Å². The first-order valence-corrected chi connectivity index (χ1v) is 13.4. The van der Waals surface area contributed by atoms with Gasteiger partial charge in [0.1, 0.15) is 11.5 Å². The summed E-state index contributed by atoms with van der Waals surface area (Å²) in [5, 5.41) is 37.5. The van der Waals surface area contributed by atoms with Crippen molar-refractivity contribution in [1.82, 2.24) is 15.1 Å². The minimum atomic E-state index is -2.62. The topological polar surface area (TPSA) is 177 Å². The molecule has 1 aromatic rings. The SMILES string of the molecule is CC1=C(C(N)=O)C(=O)[C@@]2(O)C(=O)C3=C(O)c4c(O)c(CNC(=O)CN(C)C)cc(N(C)C)c4C[C@H]3C[C@H]2C1N(C)C. The largest absolute Gasteiger partial charge is 0.507 e. The lowest BCUT2D eigenvalue weighted by Gasteiger charge is -2.51. The summed E-state index contributed by atoms with van der Waals surface area (Å²) in [6, 6.07) is 1.10. The Kier molecular flexibility index (Phi) is 7.80. The third-order valence-electron chi connectivity index (χ3n) is 8.49. The van der Waals surface area contributed by atoms with Crippen LogP contribution in [0.1, 0.15) is 30.0 Å². The molecule has 0 aliphatic heterocycles. The van der Waals surface area contributed by atoms with Gasteiger partial charge in [0.05, 0.1) is 17.7 Å². The van der Waals surface area contributed by atoms with E-state index in [1.54, 1.807) is 51.0 Å². The molecule has 4 atom stereocenters. The lowest BCUT2D eigenvalue weighted by molar-refractivity contribution is -0.160. The number of hydrogen-bond acceptors (Lipinski definition) is 10. The fourth-order valence-corrected chi connectivity index (χ4v) is 6.81. The number of aliphatic hydroxyl groups excluding tert-OH is 1. The molecule has 0 radical (unpaired) electrons. The Hall–Kier alpha value is -3.74. The van der Waals surface area contributed by atoms with Crippen LogP contribution in [0.15, 0.2) is 22.8 Å². The third kappa shape index (κ3) is 4.69. The molecular formula is C29H39N5O7. The lowest BCUT2D eigenvalue weighted by atomic mass is 9.56. The summed E-state index contributed by atoms with van der Waals surface area (Å²) in [7, 11) is 10.6. The van der Waals surface area contributed by atoms with Crippen LogP contribution in [0, 0.1) is 11.8 Å². The quantitative estimate of drug-likeness (QED) is 0.217. The van der Waals surface area contributed by atoms with Crippen LogP contribution in [0.4, 0.5) is 5.69 Å². The molecule has 12 nitrogen and oxygen atoms in total. The van der Waals surface area contributed by atoms with Crippen molar-refractivity contribution in [2.45, 2.75) is 38.0 Å². The zero-order valence-corrected chi connectivity index (χ0v) is 24.5. The van der Waals surface area contributed by atoms with Crippen molar-refractivity contribution in [3.05, 3.63) is 39.5 Å². The number of phenols is 1. The van der Waals surface area contributed by atoms with E-state index < -0.39 is 52.3 Å². The van der Waals surface area contributed by atoms with Crippen molar-refractivity contribution < 1.29 is 34.5 Å². The van der Waals surface area contributed by atoms with Crippen molar-refractivity contribution in [3.8, 4) is 5.75 Å². The average Bonchev–Trinajstić information content (AvgIpc) is 2.84. The molecule has 2 amide bonds. The van der Waals surface area contributed by atoms with E-state index in [0.717, 1.165) is 0 Å². The number of nitrogens with zero attached hydrogens (tertiary/aromatic N) is 3. The van der Waals surface area contributed by atoms with Gasteiger partial charge in [-0.05, 0) is 71.1 Å². The Bertz CT molecular complexity index is 1410. The van der Waals surface area contributed by atoms with Gasteiger partial charge in [-0.25, -0.2) is 0 Å². The predicted octanol–water partition coefficient (Wildman–Crippen LogP) is -0.288. The van der Waals surface area contributed by atoms with Gasteiger partial charge in [0, 0.05) is 49.4 Å². The molecule has 3 aliphatic carbocycles. The Labute approximate surface area is 239 Å². The van der Waals surface area contributed by atoms with Crippen molar-refractivity contribution >= 4 is 34.8 Å². The van der Waals surface area contributed by atoms with E-state index in [4.69, 9.17) is 5.73 Å². The zero-order valence-electron chi connectivity index (χ0n) is 24.5. The third-order valence-corrected chi connectivity index (χ3v) is 8.49. The molecule has 3 aliphatic rings. The van der Waals surface area contributed by atoms with Crippen LogP contribution in [0.25, 0.3) is 5.76 Å². The maximum absolute atomic E-state index is 14.1. The van der Waals surface area contributed by atoms with Gasteiger partial charge in [-0.15, -0.1) is 0 Å². The average molecular weight is 570 g/mol. The van der Waals surface area contributed by atoms with Crippen LogP contribution in [0.3, 0.4) is 0 Å². The maximum atomic E-state index is 14.1. The number of likely N-dealkylation sites (N-methyl/N-ethyl adjacent to an activating group) is 2. The number of ketones is 2. The van der Waals surface area contributed by atoms with Gasteiger partial charge < -0.3 is 41.1 Å². The van der Waals surface area contributed by atoms with E-state index in [0.29, 0.717) is 22.4 Å². The summed E-state index contributed by atoms with van der Waals surface area (Å²) < 4.78 is 0. The minimum Gasteiger partial charge on any atom is -0.507 e. The Morgan fingerprint density at radius 2 is 1.73 bits per heavy atom. The summed E-state index contributed by atoms with van der Waals surface area (Å²) in [6.07, 6.45) is 0.413. The number of fused-ring (bicyclic) bond motifs is 3. The van der Waals surface area contributed by atoms with Gasteiger partial charge in [0.15, 0.2) is 5.60 Å². The standard InChI is InChI=1S/C29H39N5O7/c1-13-20(28(30)40)26(38)29(41)17(23(13)34(6)7)9-14-8-16-18(33(4)5)10-15(11-31-19(35)12-32(2)3)24(36)22(16)25(37)21(14)27(29)39/h10,14,17,23,36-37,41H,8-9,11-12H2,1-7H3,(H2,30,40)(H,31,35)/t14-,17-,23?,29+/m0/s1. The molecule has 1 saturated carbocycles. The summed E-state index contributed by atoms with van der Waals surface area (Å²) in [4.78, 5) is 57.5. The van der Waals surface area contributed by atoms with Crippen molar-refractivity contribution in [3.63, 3.8) is 0 Å². The molecule has 1 fully saturated rings. The highest BCUT2D eigenvalue weighted by molar-refractivity contribution is 6.33. The highest BCUT2D eigenvalue weighted by Crippen LogP contribution is 2.53. The molecule has 1 unspecified atom stereocenters. The van der Waals surface area contributed by atoms with Crippen molar-refractivity contribution in [2.75, 3.05) is 53.7 Å². The molecule has 0 heterocycles. The van der Waals surface area contributed by atoms with Crippen LogP contribution in [0.2, 0.25) is 0 Å². The Morgan fingerprint density at radius 1 is 1.10 bits per heavy atom. The predicted molar refractivity (Wildman–Crippen MR) is 152 cm³/mol. The van der Waals surface area contributed by atoms with E-state index >= 15 is 0 Å². The van der Waals surface area contributed by atoms with Gasteiger partial charge in [-0.1, -0.05) is 0 Å². The van der Waals surface area contributed by atoms with Crippen LogP contribution in [-0.2, 0) is 32.1 Å². The zero-order chi connectivity index (χ0) is 30.7. The number of carbonyl (C=O) groups is 4. The molecule has 41 heavy (non-hydrogen) atoms. The number of Topliss-reactive ketones (excluding diaryl/α,β-unsaturated/α-hetero) is 2. The normalized spacial score (nSPS) is 25.8. The lowest BCUT2D eigenvalue weighted by Crippen LogP contribution is -2.66. The first kappa shape index (κ1) is 30.2. The molecule has 0 bridgehead atoms. The number of anilines is 1. The maximum Gasteiger partial charge on any atom is 0.252 e. The summed E-state index contributed by atoms with van der Waals surface area (Å²) in [5.74, 6) is -5.68. The number of amides is 2. The van der Waals surface area contributed by atoms with E-state index in [1.165, 1.54) is 0 Å². The Morgan fingerprint density at radius 3 is 2.27 bits per heavy atom. The van der Waals surface area contributed by atoms with Crippen LogP contribution < -0.4 is 16.0 Å². The molecule has 1 aromatic carbocycles. The summed E-state index contributed by atoms with van der Waals surface area (Å²) >= 11 is 0. The van der Waals surface area contributed by atoms with Crippen LogP contribution >= 0.6 is 0 Å². The second-order valence-corrected chi connectivity index (χ2v) is 11.9. The van der Waals surface area contributed by atoms with Gasteiger partial charge in [-0.2, -0.15) is 0 Å². The number of carbonyl (C=O) groups excluding carboxylic acids is 4. The summed E-state index contributed by atoms with van der Waals surface area (Å²) in [6.45, 7) is 1.71. The van der Waals surface area contributed by atoms with Crippen molar-refractivity contribution in [2.24, 2.45) is 17.6 Å². The van der Waals surface area contributed by atoms with E-state index in [9.17, 15) is 34.5 Å².